The number of hydrogen-bond donors (Lipinski definition) is 2. The highest BCUT2D eigenvalue weighted by Gasteiger charge is 2.38. The van der Waals surface area contributed by atoms with Gasteiger partial charge in [0.15, 0.2) is 5.69 Å². The summed E-state index contributed by atoms with van der Waals surface area (Å²) in [6.07, 6.45) is -4.24. The summed E-state index contributed by atoms with van der Waals surface area (Å²) < 4.78 is 38.2. The molecule has 1 aromatic carbocycles. The first-order chi connectivity index (χ1) is 9.38. The van der Waals surface area contributed by atoms with Crippen LogP contribution >= 0.6 is 0 Å². The number of nitrogens with one attached hydrogen (secondary N) is 1. The van der Waals surface area contributed by atoms with E-state index in [1.165, 1.54) is 0 Å². The third-order valence-electron chi connectivity index (χ3n) is 2.32. The molecule has 2 aromatic rings. The lowest BCUT2D eigenvalue weighted by molar-refractivity contribution is -0.141. The highest BCUT2D eigenvalue weighted by Crippen LogP contribution is 2.31. The van der Waals surface area contributed by atoms with Gasteiger partial charge in [0.05, 0.1) is 0 Å². The lowest BCUT2D eigenvalue weighted by atomic mass is 10.2. The second-order valence-corrected chi connectivity index (χ2v) is 3.75. The minimum absolute atomic E-state index is 0.325. The largest absolute Gasteiger partial charge is 0.478 e. The Morgan fingerprint density at radius 1 is 1.20 bits per heavy atom. The molecule has 0 fully saturated rings. The third-order valence-corrected chi connectivity index (χ3v) is 2.32. The summed E-state index contributed by atoms with van der Waals surface area (Å²) in [6, 6.07) is 8.32. The highest BCUT2D eigenvalue weighted by atomic mass is 19.4. The van der Waals surface area contributed by atoms with Crippen LogP contribution in [-0.4, -0.2) is 21.0 Å². The van der Waals surface area contributed by atoms with Gasteiger partial charge >= 0.3 is 12.1 Å². The van der Waals surface area contributed by atoms with E-state index < -0.39 is 23.4 Å². The molecule has 2 N–H and O–H groups in total. The third kappa shape index (κ3) is 3.02. The predicted octanol–water partition coefficient (Wildman–Crippen LogP) is 2.94. The molecule has 0 unspecified atom stereocenters. The van der Waals surface area contributed by atoms with Gasteiger partial charge in [0.2, 0.25) is 5.95 Å². The van der Waals surface area contributed by atoms with Crippen LogP contribution in [0.3, 0.4) is 0 Å². The van der Waals surface area contributed by atoms with Gasteiger partial charge in [-0.1, -0.05) is 18.2 Å². The molecule has 0 spiro atoms. The Balaban J connectivity index is 2.40. The Bertz CT molecular complexity index is 630. The Kier molecular flexibility index (Phi) is 3.55. The van der Waals surface area contributed by atoms with Gasteiger partial charge in [-0.3, -0.25) is 0 Å². The fourth-order valence-corrected chi connectivity index (χ4v) is 1.47. The summed E-state index contributed by atoms with van der Waals surface area (Å²) >= 11 is 0. The number of nitrogens with zero attached hydrogens (tertiary/aromatic N) is 2. The van der Waals surface area contributed by atoms with Crippen LogP contribution in [0.2, 0.25) is 0 Å². The molecular weight excluding hydrogens is 275 g/mol. The highest BCUT2D eigenvalue weighted by molar-refractivity contribution is 5.88. The first-order valence-electron chi connectivity index (χ1n) is 5.37. The molecule has 104 valence electrons. The van der Waals surface area contributed by atoms with E-state index in [4.69, 9.17) is 5.11 Å². The molecule has 0 aliphatic rings. The van der Waals surface area contributed by atoms with Crippen LogP contribution in [-0.2, 0) is 6.18 Å². The van der Waals surface area contributed by atoms with E-state index in [2.05, 4.69) is 15.3 Å². The van der Waals surface area contributed by atoms with Crippen molar-refractivity contribution in [3.8, 4) is 0 Å². The van der Waals surface area contributed by atoms with Gasteiger partial charge in [0.25, 0.3) is 0 Å². The number of carboxylic acids is 1. The number of alkyl halides is 3. The van der Waals surface area contributed by atoms with Gasteiger partial charge in [0.1, 0.15) is 5.56 Å². The molecule has 0 aliphatic carbocycles. The number of para-hydroxylation sites is 1. The number of anilines is 2. The van der Waals surface area contributed by atoms with E-state index in [1.807, 2.05) is 0 Å². The van der Waals surface area contributed by atoms with Crippen LogP contribution < -0.4 is 5.32 Å². The van der Waals surface area contributed by atoms with E-state index in [9.17, 15) is 18.0 Å². The van der Waals surface area contributed by atoms with Crippen molar-refractivity contribution in [3.63, 3.8) is 0 Å². The molecule has 0 amide bonds. The zero-order chi connectivity index (χ0) is 14.8. The number of carbonyl (C=O) groups is 1. The van der Waals surface area contributed by atoms with Gasteiger partial charge in [0, 0.05) is 11.9 Å². The standard InChI is InChI=1S/C12H8F3N3O2/c13-12(14,15)9-8(10(19)20)6-16-11(18-9)17-7-4-2-1-3-5-7/h1-6H,(H,19,20)(H,16,17,18). The van der Waals surface area contributed by atoms with E-state index in [-0.39, 0.29) is 5.95 Å². The number of rotatable bonds is 3. The van der Waals surface area contributed by atoms with Crippen molar-refractivity contribution >= 4 is 17.6 Å². The predicted molar refractivity (Wildman–Crippen MR) is 63.7 cm³/mol. The maximum Gasteiger partial charge on any atom is 0.434 e. The number of carboxylic acid groups (broad SMARTS) is 1. The maximum absolute atomic E-state index is 12.7. The quantitative estimate of drug-likeness (QED) is 0.905. The Labute approximate surface area is 111 Å². The zero-order valence-corrected chi connectivity index (χ0v) is 9.85. The number of halogens is 3. The lowest BCUT2D eigenvalue weighted by Gasteiger charge is -2.11. The molecule has 2 rings (SSSR count). The lowest BCUT2D eigenvalue weighted by Crippen LogP contribution is -2.17. The minimum Gasteiger partial charge on any atom is -0.478 e. The van der Waals surface area contributed by atoms with Crippen molar-refractivity contribution in [2.45, 2.75) is 6.18 Å². The molecule has 0 atom stereocenters. The number of aromatic nitrogens is 2. The first-order valence-corrected chi connectivity index (χ1v) is 5.37. The Morgan fingerprint density at radius 2 is 1.85 bits per heavy atom. The van der Waals surface area contributed by atoms with Crippen molar-refractivity contribution in [1.82, 2.24) is 9.97 Å². The molecule has 0 radical (unpaired) electrons. The average Bonchev–Trinajstić information content (AvgIpc) is 2.38. The summed E-state index contributed by atoms with van der Waals surface area (Å²) in [5, 5.41) is 11.3. The van der Waals surface area contributed by atoms with Crippen LogP contribution in [0.4, 0.5) is 24.8 Å². The topological polar surface area (TPSA) is 75.1 Å². The summed E-state index contributed by atoms with van der Waals surface area (Å²) in [5.41, 5.74) is -1.99. The fraction of sp³-hybridized carbons (Fsp3) is 0.0833. The Hall–Kier alpha value is -2.64. The monoisotopic (exact) mass is 283 g/mol. The summed E-state index contributed by atoms with van der Waals surface area (Å²) in [7, 11) is 0. The molecule has 0 saturated carbocycles. The summed E-state index contributed by atoms with van der Waals surface area (Å²) in [6.45, 7) is 0. The van der Waals surface area contributed by atoms with Crippen molar-refractivity contribution in [1.29, 1.82) is 0 Å². The molecule has 0 bridgehead atoms. The van der Waals surface area contributed by atoms with Gasteiger partial charge in [-0.25, -0.2) is 14.8 Å². The normalized spacial score (nSPS) is 11.2. The average molecular weight is 283 g/mol. The van der Waals surface area contributed by atoms with Crippen molar-refractivity contribution in [3.05, 3.63) is 47.8 Å². The van der Waals surface area contributed by atoms with Crippen LogP contribution in [0, 0.1) is 0 Å². The maximum atomic E-state index is 12.7. The smallest absolute Gasteiger partial charge is 0.434 e. The van der Waals surface area contributed by atoms with Crippen molar-refractivity contribution in [2.24, 2.45) is 0 Å². The summed E-state index contributed by atoms with van der Waals surface area (Å²) in [4.78, 5) is 17.5. The molecule has 8 heteroatoms. The van der Waals surface area contributed by atoms with Gasteiger partial charge in [-0.15, -0.1) is 0 Å². The molecule has 1 aromatic heterocycles. The van der Waals surface area contributed by atoms with E-state index in [0.29, 0.717) is 11.9 Å². The van der Waals surface area contributed by atoms with E-state index >= 15 is 0 Å². The van der Waals surface area contributed by atoms with Crippen LogP contribution in [0.25, 0.3) is 0 Å². The molecular formula is C12H8F3N3O2. The number of hydrogen-bond acceptors (Lipinski definition) is 4. The number of benzene rings is 1. The second-order valence-electron chi connectivity index (χ2n) is 3.75. The molecule has 1 heterocycles. The van der Waals surface area contributed by atoms with E-state index in [1.54, 1.807) is 30.3 Å². The van der Waals surface area contributed by atoms with Crippen LogP contribution in [0.5, 0.6) is 0 Å². The van der Waals surface area contributed by atoms with E-state index in [0.717, 1.165) is 0 Å². The van der Waals surface area contributed by atoms with Gasteiger partial charge < -0.3 is 10.4 Å². The summed E-state index contributed by atoms with van der Waals surface area (Å²) in [5.74, 6) is -2.06. The second kappa shape index (κ2) is 5.16. The molecule has 5 nitrogen and oxygen atoms in total. The van der Waals surface area contributed by atoms with Gasteiger partial charge in [-0.2, -0.15) is 13.2 Å². The number of aromatic carboxylic acids is 1. The molecule has 20 heavy (non-hydrogen) atoms. The van der Waals surface area contributed by atoms with Crippen molar-refractivity contribution < 1.29 is 23.1 Å². The van der Waals surface area contributed by atoms with Crippen LogP contribution in [0.15, 0.2) is 36.5 Å². The fourth-order valence-electron chi connectivity index (χ4n) is 1.47. The first kappa shape index (κ1) is 13.8. The van der Waals surface area contributed by atoms with Crippen molar-refractivity contribution in [2.75, 3.05) is 5.32 Å². The molecule has 0 aliphatic heterocycles. The zero-order valence-electron chi connectivity index (χ0n) is 9.85. The molecule has 0 saturated heterocycles. The Morgan fingerprint density at radius 3 is 2.40 bits per heavy atom. The minimum atomic E-state index is -4.87. The van der Waals surface area contributed by atoms with Gasteiger partial charge in [-0.05, 0) is 12.1 Å². The van der Waals surface area contributed by atoms with Crippen LogP contribution in [0.1, 0.15) is 16.1 Å². The SMILES string of the molecule is O=C(O)c1cnc(Nc2ccccc2)nc1C(F)(F)F.